The van der Waals surface area contributed by atoms with E-state index in [4.69, 9.17) is 5.73 Å². The molecule has 2 N–H and O–H groups in total. The molecule has 0 saturated heterocycles. The number of hydrogen-bond donors (Lipinski definition) is 1. The number of allylic oxidation sites excluding steroid dienone is 2. The van der Waals surface area contributed by atoms with Gasteiger partial charge in [-0.3, -0.25) is 14.9 Å². The van der Waals surface area contributed by atoms with E-state index in [0.29, 0.717) is 5.57 Å². The lowest BCUT2D eigenvalue weighted by atomic mass is 10.0. The molecule has 5 heteroatoms. The van der Waals surface area contributed by atoms with Crippen LogP contribution < -0.4 is 5.73 Å². The summed E-state index contributed by atoms with van der Waals surface area (Å²) in [4.78, 5) is 20.7. The maximum atomic E-state index is 11.0. The van der Waals surface area contributed by atoms with Gasteiger partial charge in [-0.25, -0.2) is 0 Å². The van der Waals surface area contributed by atoms with E-state index in [-0.39, 0.29) is 5.70 Å². The van der Waals surface area contributed by atoms with E-state index in [2.05, 4.69) is 0 Å². The van der Waals surface area contributed by atoms with Crippen molar-refractivity contribution >= 4 is 5.78 Å². The molecule has 0 spiro atoms. The Hall–Kier alpha value is -1.65. The number of carbonyl (C=O) groups excluding carboxylic acids is 1. The lowest BCUT2D eigenvalue weighted by molar-refractivity contribution is -0.494. The average molecular weight is 168 g/mol. The first-order valence-corrected chi connectivity index (χ1v) is 3.35. The van der Waals surface area contributed by atoms with Crippen LogP contribution in [0.4, 0.5) is 0 Å². The van der Waals surface area contributed by atoms with E-state index in [1.54, 1.807) is 6.92 Å². The highest BCUT2D eigenvalue weighted by atomic mass is 16.6. The normalized spacial score (nSPS) is 23.1. The summed E-state index contributed by atoms with van der Waals surface area (Å²) in [5.41, 5.74) is 5.87. The van der Waals surface area contributed by atoms with E-state index in [0.717, 1.165) is 0 Å². The molecule has 0 fully saturated rings. The van der Waals surface area contributed by atoms with Crippen molar-refractivity contribution in [2.75, 3.05) is 0 Å². The SMILES string of the molecule is CC1=CC([N+](=O)[O-])C(=O)C(N)=C1. The predicted molar refractivity (Wildman–Crippen MR) is 41.8 cm³/mol. The monoisotopic (exact) mass is 168 g/mol. The molecule has 0 aromatic rings. The molecule has 0 aliphatic heterocycles. The molecular formula is C7H8N2O3. The van der Waals surface area contributed by atoms with Gasteiger partial charge in [0, 0.05) is 11.0 Å². The number of hydrogen-bond acceptors (Lipinski definition) is 4. The van der Waals surface area contributed by atoms with Crippen molar-refractivity contribution in [1.29, 1.82) is 0 Å². The maximum absolute atomic E-state index is 11.0. The lowest BCUT2D eigenvalue weighted by Gasteiger charge is -2.09. The van der Waals surface area contributed by atoms with Crippen molar-refractivity contribution in [2.45, 2.75) is 13.0 Å². The molecule has 12 heavy (non-hydrogen) atoms. The van der Waals surface area contributed by atoms with Crippen molar-refractivity contribution in [3.8, 4) is 0 Å². The third-order valence-electron chi connectivity index (χ3n) is 1.58. The van der Waals surface area contributed by atoms with Gasteiger partial charge in [0.15, 0.2) is 0 Å². The number of nitrogens with zero attached hydrogens (tertiary/aromatic N) is 1. The Kier molecular flexibility index (Phi) is 1.95. The molecular weight excluding hydrogens is 160 g/mol. The van der Waals surface area contributed by atoms with E-state index < -0.39 is 16.7 Å². The molecule has 0 bridgehead atoms. The van der Waals surface area contributed by atoms with Gasteiger partial charge in [-0.15, -0.1) is 0 Å². The number of rotatable bonds is 1. The number of Topliss-reactive ketones (excluding diaryl/α,β-unsaturated/α-hetero) is 1. The van der Waals surface area contributed by atoms with Crippen LogP contribution in [0.25, 0.3) is 0 Å². The van der Waals surface area contributed by atoms with Crippen molar-refractivity contribution in [3.63, 3.8) is 0 Å². The van der Waals surface area contributed by atoms with Crippen LogP contribution in [0.1, 0.15) is 6.92 Å². The molecule has 0 heterocycles. The third-order valence-corrected chi connectivity index (χ3v) is 1.58. The molecule has 1 rings (SSSR count). The zero-order valence-corrected chi connectivity index (χ0v) is 6.48. The number of ketones is 1. The van der Waals surface area contributed by atoms with Crippen LogP contribution in [0.2, 0.25) is 0 Å². The molecule has 0 radical (unpaired) electrons. The van der Waals surface area contributed by atoms with Crippen molar-refractivity contribution in [2.24, 2.45) is 5.73 Å². The second-order valence-electron chi connectivity index (χ2n) is 2.60. The molecule has 0 aromatic heterocycles. The van der Waals surface area contributed by atoms with Gasteiger partial charge in [-0.1, -0.05) is 0 Å². The van der Waals surface area contributed by atoms with Gasteiger partial charge in [-0.2, -0.15) is 0 Å². The first-order valence-electron chi connectivity index (χ1n) is 3.35. The smallest absolute Gasteiger partial charge is 0.295 e. The quantitative estimate of drug-likeness (QED) is 0.441. The first-order chi connectivity index (χ1) is 5.52. The molecule has 1 atom stereocenters. The summed E-state index contributed by atoms with van der Waals surface area (Å²) in [6.45, 7) is 1.66. The minimum atomic E-state index is -1.30. The molecule has 1 aliphatic rings. The Balaban J connectivity index is 3.02. The fraction of sp³-hybridized carbons (Fsp3) is 0.286. The molecule has 0 aromatic carbocycles. The zero-order chi connectivity index (χ0) is 9.30. The summed E-state index contributed by atoms with van der Waals surface area (Å²) in [5, 5.41) is 10.3. The Labute approximate surface area is 68.7 Å². The van der Waals surface area contributed by atoms with E-state index in [1.165, 1.54) is 12.2 Å². The predicted octanol–water partition coefficient (Wildman–Crippen LogP) is 0.00330. The van der Waals surface area contributed by atoms with Crippen LogP contribution in [0.5, 0.6) is 0 Å². The van der Waals surface area contributed by atoms with Crippen LogP contribution >= 0.6 is 0 Å². The summed E-state index contributed by atoms with van der Waals surface area (Å²) in [6, 6.07) is -1.30. The van der Waals surface area contributed by atoms with Crippen molar-refractivity contribution in [3.05, 3.63) is 33.5 Å². The molecule has 5 nitrogen and oxygen atoms in total. The molecule has 1 aliphatic carbocycles. The number of nitrogens with two attached hydrogens (primary N) is 1. The fourth-order valence-corrected chi connectivity index (χ4v) is 1.02. The second-order valence-corrected chi connectivity index (χ2v) is 2.60. The number of nitro groups is 1. The third kappa shape index (κ3) is 1.34. The van der Waals surface area contributed by atoms with Gasteiger partial charge in [0.25, 0.3) is 11.8 Å². The van der Waals surface area contributed by atoms with Gasteiger partial charge < -0.3 is 5.73 Å². The van der Waals surface area contributed by atoms with Crippen molar-refractivity contribution < 1.29 is 9.72 Å². The minimum Gasteiger partial charge on any atom is -0.396 e. The van der Waals surface area contributed by atoms with Crippen LogP contribution in [0, 0.1) is 10.1 Å². The van der Waals surface area contributed by atoms with Crippen LogP contribution in [0.15, 0.2) is 23.4 Å². The molecule has 1 unspecified atom stereocenters. The summed E-state index contributed by atoms with van der Waals surface area (Å²) in [6.07, 6.45) is 2.72. The standard InChI is InChI=1S/C7H8N2O3/c1-4-2-5(8)7(10)6(3-4)9(11)12/h2-3,6H,8H2,1H3. The zero-order valence-electron chi connectivity index (χ0n) is 6.48. The Bertz CT molecular complexity index is 304. The lowest BCUT2D eigenvalue weighted by Crippen LogP contribution is -2.33. The van der Waals surface area contributed by atoms with Crippen LogP contribution in [-0.4, -0.2) is 16.7 Å². The fourth-order valence-electron chi connectivity index (χ4n) is 1.02. The van der Waals surface area contributed by atoms with Gasteiger partial charge >= 0.3 is 0 Å². The van der Waals surface area contributed by atoms with Crippen LogP contribution in [-0.2, 0) is 4.79 Å². The molecule has 0 amide bonds. The maximum Gasteiger partial charge on any atom is 0.295 e. The summed E-state index contributed by atoms with van der Waals surface area (Å²) < 4.78 is 0. The van der Waals surface area contributed by atoms with E-state index in [1.807, 2.05) is 0 Å². The van der Waals surface area contributed by atoms with E-state index >= 15 is 0 Å². The van der Waals surface area contributed by atoms with Crippen LogP contribution in [0.3, 0.4) is 0 Å². The Morgan fingerprint density at radius 1 is 1.67 bits per heavy atom. The summed E-state index contributed by atoms with van der Waals surface area (Å²) >= 11 is 0. The topological polar surface area (TPSA) is 86.2 Å². The average Bonchev–Trinajstić information content (AvgIpc) is 1.96. The van der Waals surface area contributed by atoms with Gasteiger partial charge in [0.1, 0.15) is 0 Å². The Morgan fingerprint density at radius 3 is 2.75 bits per heavy atom. The second kappa shape index (κ2) is 2.77. The largest absolute Gasteiger partial charge is 0.396 e. The number of carbonyl (C=O) groups is 1. The highest BCUT2D eigenvalue weighted by molar-refractivity contribution is 6.00. The van der Waals surface area contributed by atoms with Gasteiger partial charge in [-0.05, 0) is 18.6 Å². The Morgan fingerprint density at radius 2 is 2.25 bits per heavy atom. The highest BCUT2D eigenvalue weighted by Crippen LogP contribution is 2.12. The summed E-state index contributed by atoms with van der Waals surface area (Å²) in [7, 11) is 0. The van der Waals surface area contributed by atoms with Crippen molar-refractivity contribution in [1.82, 2.24) is 0 Å². The van der Waals surface area contributed by atoms with Gasteiger partial charge in [0.05, 0.1) is 5.70 Å². The minimum absolute atomic E-state index is 0.0447. The first kappa shape index (κ1) is 8.45. The summed E-state index contributed by atoms with van der Waals surface area (Å²) in [5.74, 6) is -0.634. The van der Waals surface area contributed by atoms with Gasteiger partial charge in [0.2, 0.25) is 0 Å². The highest BCUT2D eigenvalue weighted by Gasteiger charge is 2.31. The molecule has 0 saturated carbocycles. The van der Waals surface area contributed by atoms with E-state index in [9.17, 15) is 14.9 Å². The molecule has 64 valence electrons.